The van der Waals surface area contributed by atoms with Crippen LogP contribution in [0.1, 0.15) is 18.9 Å². The van der Waals surface area contributed by atoms with Crippen LogP contribution in [0.4, 0.5) is 40.3 Å². The zero-order chi connectivity index (χ0) is 85.5. The fraction of sp³-hybridized carbons (Fsp3) is 0.0490. The van der Waals surface area contributed by atoms with Gasteiger partial charge in [-0.1, -0.05) is 66.7 Å². The molecule has 23 aromatic rings. The van der Waals surface area contributed by atoms with Crippen LogP contribution < -0.4 is 26.5 Å². The third kappa shape index (κ3) is 16.5. The lowest BCUT2D eigenvalue weighted by molar-refractivity contribution is 0.396. The first kappa shape index (κ1) is 77.5. The highest BCUT2D eigenvalue weighted by Crippen LogP contribution is 2.39. The maximum atomic E-state index is 12.6. The molecule has 0 amide bonds. The predicted octanol–water partition coefficient (Wildman–Crippen LogP) is 22.3. The van der Waals surface area contributed by atoms with Crippen molar-refractivity contribution in [3.63, 3.8) is 0 Å². The van der Waals surface area contributed by atoms with Gasteiger partial charge in [0.05, 0.1) is 61.4 Å². The molecule has 0 unspecified atom stereocenters. The maximum Gasteiger partial charge on any atom is 0.326 e. The van der Waals surface area contributed by atoms with Crippen molar-refractivity contribution < 1.29 is 13.3 Å². The van der Waals surface area contributed by atoms with Gasteiger partial charge in [-0.15, -0.1) is 0 Å². The van der Waals surface area contributed by atoms with E-state index in [9.17, 15) is 4.79 Å². The van der Waals surface area contributed by atoms with Gasteiger partial charge in [0.15, 0.2) is 22.4 Å². The van der Waals surface area contributed by atoms with Crippen LogP contribution in [-0.2, 0) is 0 Å². The van der Waals surface area contributed by atoms with E-state index in [0.29, 0.717) is 34.5 Å². The molecule has 18 heterocycles. The Balaban J connectivity index is 0.000000104. The Labute approximate surface area is 729 Å². The Hall–Kier alpha value is -17.8. The molecule has 4 N–H and O–H groups in total. The first-order valence-electron chi connectivity index (χ1n) is 41.4. The van der Waals surface area contributed by atoms with E-state index >= 15 is 0 Å². The van der Waals surface area contributed by atoms with E-state index in [2.05, 4.69) is 110 Å². The van der Waals surface area contributed by atoms with Gasteiger partial charge in [-0.25, -0.2) is 39.7 Å². The number of hydrogen-bond acceptors (Lipinski definition) is 24. The van der Waals surface area contributed by atoms with Crippen molar-refractivity contribution >= 4 is 128 Å². The second kappa shape index (κ2) is 35.0. The number of anilines is 7. The number of benzene rings is 6. The molecule has 0 bridgehead atoms. The number of para-hydroxylation sites is 2. The fourth-order valence-electron chi connectivity index (χ4n) is 15.7. The predicted molar refractivity (Wildman–Crippen MR) is 500 cm³/mol. The summed E-state index contributed by atoms with van der Waals surface area (Å²) < 4.78 is 19.6. The van der Waals surface area contributed by atoms with Gasteiger partial charge in [0, 0.05) is 172 Å². The van der Waals surface area contributed by atoms with E-state index in [0.717, 1.165) is 199 Å². The van der Waals surface area contributed by atoms with E-state index in [-0.39, 0.29) is 11.7 Å². The van der Waals surface area contributed by atoms with E-state index in [4.69, 9.17) is 33.2 Å². The summed E-state index contributed by atoms with van der Waals surface area (Å²) in [7, 11) is 0. The molecule has 1 fully saturated rings. The molecule has 0 radical (unpaired) electrons. The number of imidazole rings is 1. The van der Waals surface area contributed by atoms with Gasteiger partial charge in [-0.2, -0.15) is 4.98 Å². The molecule has 1 aliphatic rings. The lowest BCUT2D eigenvalue weighted by Crippen LogP contribution is -2.37. The molecule has 24 rings (SSSR count). The third-order valence-electron chi connectivity index (χ3n) is 21.9. The number of nitrogens with zero attached hydrogens (tertiary/aromatic N) is 18. The minimum atomic E-state index is -0.0245. The van der Waals surface area contributed by atoms with Crippen LogP contribution in [0, 0.1) is 0 Å². The molecule has 1 aliphatic heterocycles. The van der Waals surface area contributed by atoms with Crippen molar-refractivity contribution in [3.05, 3.63) is 370 Å². The van der Waals surface area contributed by atoms with E-state index < -0.39 is 0 Å². The van der Waals surface area contributed by atoms with Crippen molar-refractivity contribution in [2.24, 2.45) is 0 Å². The molecule has 6 aromatic carbocycles. The number of oxazole rings is 3. The number of H-pyrrole nitrogens is 1. The lowest BCUT2D eigenvalue weighted by Gasteiger charge is -2.34. The highest BCUT2D eigenvalue weighted by molar-refractivity contribution is 5.98. The normalized spacial score (nSPS) is 12.1. The maximum absolute atomic E-state index is 12.6. The number of rotatable bonds is 15. The van der Waals surface area contributed by atoms with E-state index in [1.807, 2.05) is 266 Å². The van der Waals surface area contributed by atoms with Gasteiger partial charge in [0.25, 0.3) is 0 Å². The van der Waals surface area contributed by atoms with Gasteiger partial charge < -0.3 is 39.1 Å². The molecule has 1 saturated heterocycles. The Kier molecular flexibility index (Phi) is 21.2. The average Bonchev–Trinajstić information content (AvgIpc) is 1.18. The summed E-state index contributed by atoms with van der Waals surface area (Å²) in [6, 6.07) is 90.6. The van der Waals surface area contributed by atoms with Crippen molar-refractivity contribution in [1.82, 2.24) is 89.3 Å². The largest absolute Gasteiger partial charge is 0.436 e. The Morgan fingerprint density at radius 3 is 1.27 bits per heavy atom. The zero-order valence-electron chi connectivity index (χ0n) is 68.2. The molecule has 0 spiro atoms. The summed E-state index contributed by atoms with van der Waals surface area (Å²) in [5.41, 5.74) is 22.2. The fourth-order valence-corrected chi connectivity index (χ4v) is 15.7. The SMILES string of the molecule is O=c1[nH]c2ccccc2n1C1CCN(c2nc(-c3ccccc3)cc3ncccc23)CC1.c1cc(Nc2nc(-c3ccncc3)cc3ncccc23)cc(-c2nc3ncccc3o2)c1.c1ccc(-c2nc3cc(Nc4nc(-c5ccncc5)cc5ncccc45)ccc3o2)cc1.c1cncc(-c2nc3cc(Nc4nc(-c5ccncc5)cc5ncccc45)ccc3o2)c1. The first-order chi connectivity index (χ1) is 63.3. The van der Waals surface area contributed by atoms with Crippen LogP contribution in [0.5, 0.6) is 0 Å². The van der Waals surface area contributed by atoms with Crippen LogP contribution in [0.2, 0.25) is 0 Å². The molecule has 0 saturated carbocycles. The first-order valence-corrected chi connectivity index (χ1v) is 41.4. The number of fused-ring (bicyclic) bond motifs is 8. The molecule has 26 nitrogen and oxygen atoms in total. The Morgan fingerprint density at radius 1 is 0.312 bits per heavy atom. The van der Waals surface area contributed by atoms with Crippen molar-refractivity contribution in [3.8, 4) is 79.4 Å². The number of aromatic nitrogens is 18. The minimum absolute atomic E-state index is 0.0245. The van der Waals surface area contributed by atoms with E-state index in [1.54, 1.807) is 74.4 Å². The molecule has 614 valence electrons. The smallest absolute Gasteiger partial charge is 0.326 e. The Bertz CT molecular complexity index is 7730. The molecule has 128 heavy (non-hydrogen) atoms. The van der Waals surface area contributed by atoms with Gasteiger partial charge in [-0.3, -0.25) is 44.4 Å². The summed E-state index contributed by atoms with van der Waals surface area (Å²) in [4.78, 5) is 90.3. The highest BCUT2D eigenvalue weighted by atomic mass is 16.4. The number of piperidine rings is 1. The molecule has 26 heteroatoms. The van der Waals surface area contributed by atoms with Gasteiger partial charge in [-0.05, 0) is 225 Å². The highest BCUT2D eigenvalue weighted by Gasteiger charge is 2.27. The zero-order valence-corrected chi connectivity index (χ0v) is 68.2. The van der Waals surface area contributed by atoms with E-state index in [1.165, 1.54) is 0 Å². The summed E-state index contributed by atoms with van der Waals surface area (Å²) >= 11 is 0. The number of aromatic amines is 1. The topological polar surface area (TPSA) is 323 Å². The van der Waals surface area contributed by atoms with Crippen LogP contribution >= 0.6 is 0 Å². The van der Waals surface area contributed by atoms with Crippen LogP contribution in [0.25, 0.3) is 167 Å². The molecular weight excluding hydrogens is 1600 g/mol. The summed E-state index contributed by atoms with van der Waals surface area (Å²) in [5, 5.41) is 14.2. The second-order valence-electron chi connectivity index (χ2n) is 30.1. The minimum Gasteiger partial charge on any atom is -0.436 e. The third-order valence-corrected chi connectivity index (χ3v) is 21.9. The van der Waals surface area contributed by atoms with Gasteiger partial charge >= 0.3 is 5.69 Å². The summed E-state index contributed by atoms with van der Waals surface area (Å²) in [6.45, 7) is 1.68. The monoisotopic (exact) mass is 1670 g/mol. The quantitative estimate of drug-likeness (QED) is 0.0741. The van der Waals surface area contributed by atoms with Crippen molar-refractivity contribution in [2.75, 3.05) is 33.9 Å². The van der Waals surface area contributed by atoms with Crippen LogP contribution in [-0.4, -0.2) is 102 Å². The summed E-state index contributed by atoms with van der Waals surface area (Å²) in [6.07, 6.45) is 24.7. The van der Waals surface area contributed by atoms with Gasteiger partial charge in [0.2, 0.25) is 17.7 Å². The van der Waals surface area contributed by atoms with Gasteiger partial charge in [0.1, 0.15) is 34.3 Å². The van der Waals surface area contributed by atoms with Crippen molar-refractivity contribution in [1.29, 1.82) is 0 Å². The molecule has 0 atom stereocenters. The van der Waals surface area contributed by atoms with Crippen molar-refractivity contribution in [2.45, 2.75) is 18.9 Å². The average molecular weight is 1670 g/mol. The second-order valence-corrected chi connectivity index (χ2v) is 30.1. The molecule has 0 aliphatic carbocycles. The standard InChI is InChI=1S/C26H23N5O.C26H17N5O.2C25H16N6O/c32-26-29-21-10-4-5-11-24(21)31(26)19-12-15-30(16-13-19)25-20-9-6-14-27-23(20)17-22(28-25)18-7-2-1-3-8-18;1-2-5-18(6-3-1)26-31-23-15-19(8-9-24(23)32-26)29-25-20-7-4-12-28-22(20)16-21(30-25)17-10-13-27-14-11-17;1-4-17(25-31-24-22(32-25)7-3-11-28-24)14-18(5-1)29-23-19-6-2-10-27-21(19)15-20(30-23)16-8-12-26-13-9-16;1-3-17(15-27-9-1)25-31-22-13-18(5-6-23(22)32-25)29-24-19-4-2-10-28-21(19)14-20(30-24)16-7-11-26-12-8-16/h1-11,14,17,19H,12-13,15-16H2,(H,29,32);1-16H,(H,29,30);2*1-15H,(H,29,30). The van der Waals surface area contributed by atoms with Crippen LogP contribution in [0.3, 0.4) is 0 Å². The molecule has 17 aromatic heterocycles. The summed E-state index contributed by atoms with van der Waals surface area (Å²) in [5.74, 6) is 4.81. The number of pyridine rings is 13. The number of hydrogen-bond donors (Lipinski definition) is 4. The lowest BCUT2D eigenvalue weighted by atomic mass is 10.0. The molecular formula is C102H72N22O4. The number of nitrogens with one attached hydrogen (secondary N) is 4. The van der Waals surface area contributed by atoms with Crippen LogP contribution in [0.15, 0.2) is 378 Å². The Morgan fingerprint density at radius 2 is 0.742 bits per heavy atom.